The number of unbranched alkanes of at least 4 members (excludes halogenated alkanes) is 1. The Balaban J connectivity index is 2.39. The first kappa shape index (κ1) is 29.3. The number of nitrogens with one attached hydrogen (secondary N) is 1. The smallest absolute Gasteiger partial charge is 0.304 e. The largest absolute Gasteiger partial charge is 0.354 e. The zero-order valence-corrected chi connectivity index (χ0v) is 23.1. The molecule has 8 nitrogen and oxygen atoms in total. The van der Waals surface area contributed by atoms with Gasteiger partial charge in [-0.1, -0.05) is 55.8 Å². The topological polar surface area (TPSA) is 90.0 Å². The summed E-state index contributed by atoms with van der Waals surface area (Å²) in [6, 6.07) is 14.5. The maximum atomic E-state index is 13.7. The number of carbonyl (C=O) groups excluding carboxylic acids is 2. The Hall–Kier alpha value is -2.91. The van der Waals surface area contributed by atoms with E-state index in [1.807, 2.05) is 63.2 Å². The molecule has 0 spiro atoms. The highest BCUT2D eigenvalue weighted by Gasteiger charge is 2.33. The molecule has 0 unspecified atom stereocenters. The molecule has 0 radical (unpaired) electrons. The third-order valence-corrected chi connectivity index (χ3v) is 7.94. The van der Waals surface area contributed by atoms with Gasteiger partial charge in [-0.15, -0.1) is 0 Å². The van der Waals surface area contributed by atoms with Crippen molar-refractivity contribution in [3.8, 4) is 0 Å². The molecule has 0 aromatic heterocycles. The highest BCUT2D eigenvalue weighted by atomic mass is 32.2. The highest BCUT2D eigenvalue weighted by molar-refractivity contribution is 7.90. The van der Waals surface area contributed by atoms with E-state index in [1.165, 1.54) is 19.0 Å². The van der Waals surface area contributed by atoms with Crippen molar-refractivity contribution in [2.75, 3.05) is 38.0 Å². The van der Waals surface area contributed by atoms with Gasteiger partial charge in [0, 0.05) is 27.2 Å². The minimum atomic E-state index is -3.97. The lowest BCUT2D eigenvalue weighted by Gasteiger charge is -2.33. The fourth-order valence-electron chi connectivity index (χ4n) is 3.80. The molecule has 0 bridgehead atoms. The van der Waals surface area contributed by atoms with Gasteiger partial charge in [-0.05, 0) is 56.4 Å². The molecular formula is C27H40N4O4S. The van der Waals surface area contributed by atoms with Crippen LogP contribution in [0.1, 0.15) is 43.4 Å². The van der Waals surface area contributed by atoms with Crippen LogP contribution in [-0.4, -0.2) is 69.2 Å². The second-order valence-corrected chi connectivity index (χ2v) is 11.3. The molecule has 2 rings (SSSR count). The molecule has 0 aliphatic heterocycles. The van der Waals surface area contributed by atoms with Crippen LogP contribution in [0.3, 0.4) is 0 Å². The van der Waals surface area contributed by atoms with E-state index in [1.54, 1.807) is 13.0 Å². The summed E-state index contributed by atoms with van der Waals surface area (Å²) in [5.41, 5.74) is 3.09. The molecule has 9 heteroatoms. The van der Waals surface area contributed by atoms with Gasteiger partial charge in [-0.2, -0.15) is 12.7 Å². The molecule has 2 aromatic rings. The molecule has 1 atom stereocenters. The SMILES string of the molecule is CCCCNC(=O)[C@H](C)N(CCc1ccccc1)C(=O)CN(c1cc(C)ccc1C)S(=O)(=O)N(C)C. The van der Waals surface area contributed by atoms with Crippen LogP contribution in [0.15, 0.2) is 48.5 Å². The number of carbonyl (C=O) groups is 2. The number of nitrogens with zero attached hydrogens (tertiary/aromatic N) is 3. The van der Waals surface area contributed by atoms with Gasteiger partial charge >= 0.3 is 10.2 Å². The molecule has 0 saturated carbocycles. The van der Waals surface area contributed by atoms with E-state index >= 15 is 0 Å². The highest BCUT2D eigenvalue weighted by Crippen LogP contribution is 2.25. The van der Waals surface area contributed by atoms with Crippen molar-refractivity contribution < 1.29 is 18.0 Å². The summed E-state index contributed by atoms with van der Waals surface area (Å²) in [7, 11) is -1.09. The Morgan fingerprint density at radius 2 is 1.69 bits per heavy atom. The third kappa shape index (κ3) is 7.80. The van der Waals surface area contributed by atoms with E-state index in [9.17, 15) is 18.0 Å². The van der Waals surface area contributed by atoms with Crippen molar-refractivity contribution >= 4 is 27.7 Å². The minimum Gasteiger partial charge on any atom is -0.354 e. The van der Waals surface area contributed by atoms with Gasteiger partial charge in [0.05, 0.1) is 5.69 Å². The molecule has 198 valence electrons. The molecule has 0 fully saturated rings. The quantitative estimate of drug-likeness (QED) is 0.414. The molecule has 2 amide bonds. The predicted molar refractivity (Wildman–Crippen MR) is 145 cm³/mol. The summed E-state index contributed by atoms with van der Waals surface area (Å²) in [5.74, 6) is -0.686. The van der Waals surface area contributed by atoms with Crippen LogP contribution in [-0.2, 0) is 26.2 Å². The molecule has 0 heterocycles. The van der Waals surface area contributed by atoms with E-state index in [2.05, 4.69) is 5.32 Å². The maximum absolute atomic E-state index is 13.7. The van der Waals surface area contributed by atoms with Gasteiger partial charge in [0.15, 0.2) is 0 Å². The van der Waals surface area contributed by atoms with Crippen LogP contribution in [0.4, 0.5) is 5.69 Å². The second kappa shape index (κ2) is 13.4. The average Bonchev–Trinajstić information content (AvgIpc) is 2.84. The summed E-state index contributed by atoms with van der Waals surface area (Å²) in [6.07, 6.45) is 2.33. The van der Waals surface area contributed by atoms with Gasteiger partial charge in [0.2, 0.25) is 11.8 Å². The number of hydrogen-bond acceptors (Lipinski definition) is 4. The fourth-order valence-corrected chi connectivity index (χ4v) is 4.91. The standard InChI is InChI=1S/C27H40N4O4S/c1-7-8-17-28-27(33)23(4)30(18-16-24-12-10-9-11-13-24)26(32)20-31(36(34,35)29(5)6)25-19-21(2)14-15-22(25)3/h9-15,19,23H,7-8,16-18,20H2,1-6H3,(H,28,33)/t23-/m0/s1. The Morgan fingerprint density at radius 1 is 1.03 bits per heavy atom. The van der Waals surface area contributed by atoms with Crippen LogP contribution in [0.25, 0.3) is 0 Å². The van der Waals surface area contributed by atoms with Crippen molar-refractivity contribution in [3.05, 3.63) is 65.2 Å². The summed E-state index contributed by atoms with van der Waals surface area (Å²) in [4.78, 5) is 28.1. The van der Waals surface area contributed by atoms with Crippen molar-refractivity contribution in [1.29, 1.82) is 0 Å². The number of rotatable bonds is 13. The van der Waals surface area contributed by atoms with Crippen molar-refractivity contribution in [3.63, 3.8) is 0 Å². The van der Waals surface area contributed by atoms with E-state index in [0.717, 1.165) is 38.1 Å². The number of hydrogen-bond donors (Lipinski definition) is 1. The number of anilines is 1. The Kier molecular flexibility index (Phi) is 10.9. The number of aryl methyl sites for hydroxylation is 2. The number of benzene rings is 2. The van der Waals surface area contributed by atoms with Gasteiger partial charge in [0.1, 0.15) is 12.6 Å². The van der Waals surface area contributed by atoms with Gasteiger partial charge in [0.25, 0.3) is 0 Å². The first-order chi connectivity index (χ1) is 17.0. The fraction of sp³-hybridized carbons (Fsp3) is 0.481. The Morgan fingerprint density at radius 3 is 2.31 bits per heavy atom. The van der Waals surface area contributed by atoms with Crippen LogP contribution < -0.4 is 9.62 Å². The lowest BCUT2D eigenvalue weighted by atomic mass is 10.1. The van der Waals surface area contributed by atoms with Crippen molar-refractivity contribution in [1.82, 2.24) is 14.5 Å². The normalized spacial score (nSPS) is 12.3. The summed E-state index contributed by atoms with van der Waals surface area (Å²) < 4.78 is 28.9. The average molecular weight is 517 g/mol. The lowest BCUT2D eigenvalue weighted by Crippen LogP contribution is -2.53. The monoisotopic (exact) mass is 516 g/mol. The molecule has 2 aromatic carbocycles. The molecule has 0 aliphatic rings. The minimum absolute atomic E-state index is 0.251. The lowest BCUT2D eigenvalue weighted by molar-refractivity contribution is -0.138. The van der Waals surface area contributed by atoms with Crippen LogP contribution in [0.5, 0.6) is 0 Å². The molecule has 0 saturated heterocycles. The van der Waals surface area contributed by atoms with Crippen LogP contribution in [0.2, 0.25) is 0 Å². The van der Waals surface area contributed by atoms with Gasteiger partial charge in [-0.3, -0.25) is 9.59 Å². The molecular weight excluding hydrogens is 476 g/mol. The first-order valence-electron chi connectivity index (χ1n) is 12.4. The third-order valence-electron chi connectivity index (χ3n) is 6.13. The van der Waals surface area contributed by atoms with Crippen molar-refractivity contribution in [2.45, 2.75) is 53.0 Å². The summed E-state index contributed by atoms with van der Waals surface area (Å²) >= 11 is 0. The zero-order chi connectivity index (χ0) is 26.9. The Bertz CT molecular complexity index is 1120. The first-order valence-corrected chi connectivity index (χ1v) is 13.8. The number of amides is 2. The van der Waals surface area contributed by atoms with E-state index in [4.69, 9.17) is 0 Å². The predicted octanol–water partition coefficient (Wildman–Crippen LogP) is 3.29. The molecule has 1 N–H and O–H groups in total. The van der Waals surface area contributed by atoms with Gasteiger partial charge in [-0.25, -0.2) is 4.31 Å². The van der Waals surface area contributed by atoms with Crippen molar-refractivity contribution in [2.24, 2.45) is 0 Å². The summed E-state index contributed by atoms with van der Waals surface area (Å²) in [6.45, 7) is 7.82. The van der Waals surface area contributed by atoms with E-state index < -0.39 is 28.7 Å². The molecule has 36 heavy (non-hydrogen) atoms. The van der Waals surface area contributed by atoms with E-state index in [0.29, 0.717) is 18.7 Å². The van der Waals surface area contributed by atoms with E-state index in [-0.39, 0.29) is 12.5 Å². The zero-order valence-electron chi connectivity index (χ0n) is 22.3. The maximum Gasteiger partial charge on any atom is 0.304 e. The second-order valence-electron chi connectivity index (χ2n) is 9.23. The summed E-state index contributed by atoms with van der Waals surface area (Å²) in [5, 5.41) is 2.89. The van der Waals surface area contributed by atoms with Crippen LogP contribution in [0, 0.1) is 13.8 Å². The Labute approximate surface area is 216 Å². The molecule has 0 aliphatic carbocycles. The van der Waals surface area contributed by atoms with Crippen LogP contribution >= 0.6 is 0 Å². The van der Waals surface area contributed by atoms with Gasteiger partial charge < -0.3 is 10.2 Å².